The number of nitrogens with zero attached hydrogens (tertiary/aromatic N) is 5. The third-order valence-electron chi connectivity index (χ3n) is 6.26. The quantitative estimate of drug-likeness (QED) is 0.486. The second kappa shape index (κ2) is 7.60. The van der Waals surface area contributed by atoms with E-state index < -0.39 is 17.4 Å². The van der Waals surface area contributed by atoms with Crippen molar-refractivity contribution in [1.29, 1.82) is 0 Å². The maximum absolute atomic E-state index is 13.1. The van der Waals surface area contributed by atoms with Crippen LogP contribution in [-0.4, -0.2) is 35.9 Å². The second-order valence-electron chi connectivity index (χ2n) is 8.60. The first-order valence-electron chi connectivity index (χ1n) is 10.4. The maximum Gasteiger partial charge on any atom is 0.433 e. The molecule has 4 aromatic rings. The number of halogens is 3. The fourth-order valence-corrected chi connectivity index (χ4v) is 4.11. The molecule has 3 heterocycles. The van der Waals surface area contributed by atoms with Gasteiger partial charge >= 0.3 is 6.18 Å². The molecule has 33 heavy (non-hydrogen) atoms. The number of hydrogen-bond donors (Lipinski definition) is 2. The van der Waals surface area contributed by atoms with Crippen molar-refractivity contribution in [2.75, 3.05) is 0 Å². The molecule has 1 saturated carbocycles. The summed E-state index contributed by atoms with van der Waals surface area (Å²) in [6, 6.07) is 9.16. The number of alkyl halides is 3. The Labute approximate surface area is 187 Å². The lowest BCUT2D eigenvalue weighted by molar-refractivity contribution is -0.141. The van der Waals surface area contributed by atoms with Gasteiger partial charge in [0.25, 0.3) is 0 Å². The van der Waals surface area contributed by atoms with Crippen LogP contribution in [0.25, 0.3) is 28.0 Å². The van der Waals surface area contributed by atoms with Crippen molar-refractivity contribution in [2.24, 2.45) is 11.7 Å². The lowest BCUT2D eigenvalue weighted by Gasteiger charge is -2.42. The molecule has 5 rings (SSSR count). The molecular weight excluding hydrogens is 433 g/mol. The van der Waals surface area contributed by atoms with E-state index in [1.807, 2.05) is 19.1 Å². The van der Waals surface area contributed by atoms with Crippen LogP contribution < -0.4 is 5.73 Å². The van der Waals surface area contributed by atoms with Crippen LogP contribution in [0, 0.1) is 5.92 Å². The Morgan fingerprint density at radius 2 is 1.82 bits per heavy atom. The van der Waals surface area contributed by atoms with Gasteiger partial charge in [-0.25, -0.2) is 14.6 Å². The summed E-state index contributed by atoms with van der Waals surface area (Å²) in [6.45, 7) is 1.88. The number of hydrogen-bond acceptors (Lipinski definition) is 6. The number of aliphatic hydroxyl groups is 1. The molecule has 1 atom stereocenters. The molecule has 3 N–H and O–H groups in total. The van der Waals surface area contributed by atoms with E-state index in [4.69, 9.17) is 10.7 Å². The van der Waals surface area contributed by atoms with Crippen LogP contribution in [0.5, 0.6) is 0 Å². The summed E-state index contributed by atoms with van der Waals surface area (Å²) in [5.74, 6) is 0.169. The SMILES string of the molecule is C[C@](N)(c1cncc(-c2ccc3cnn(-c4cccc(C(F)(F)F)n4)c3c2)n1)C1CC(O)C1. The third-order valence-corrected chi connectivity index (χ3v) is 6.26. The summed E-state index contributed by atoms with van der Waals surface area (Å²) < 4.78 is 40.7. The molecule has 0 aliphatic heterocycles. The summed E-state index contributed by atoms with van der Waals surface area (Å²) in [7, 11) is 0. The van der Waals surface area contributed by atoms with Gasteiger partial charge < -0.3 is 10.8 Å². The zero-order valence-electron chi connectivity index (χ0n) is 17.7. The zero-order chi connectivity index (χ0) is 23.4. The van der Waals surface area contributed by atoms with Crippen LogP contribution in [0.15, 0.2) is 55.0 Å². The van der Waals surface area contributed by atoms with Crippen molar-refractivity contribution in [3.8, 4) is 17.1 Å². The predicted molar refractivity (Wildman–Crippen MR) is 115 cm³/mol. The van der Waals surface area contributed by atoms with Gasteiger partial charge in [0.05, 0.1) is 47.1 Å². The molecule has 170 valence electrons. The van der Waals surface area contributed by atoms with Gasteiger partial charge in [-0.3, -0.25) is 4.98 Å². The summed E-state index contributed by atoms with van der Waals surface area (Å²) in [4.78, 5) is 12.8. The smallest absolute Gasteiger partial charge is 0.393 e. The molecule has 7 nitrogen and oxygen atoms in total. The number of nitrogens with two attached hydrogens (primary N) is 1. The lowest BCUT2D eigenvalue weighted by Crippen LogP contribution is -2.49. The van der Waals surface area contributed by atoms with Gasteiger partial charge in [0.15, 0.2) is 5.82 Å². The molecule has 1 aliphatic rings. The highest BCUT2D eigenvalue weighted by Crippen LogP contribution is 2.40. The van der Waals surface area contributed by atoms with Gasteiger partial charge in [0, 0.05) is 10.9 Å². The largest absolute Gasteiger partial charge is 0.433 e. The highest BCUT2D eigenvalue weighted by molar-refractivity contribution is 5.84. The molecule has 3 aromatic heterocycles. The number of fused-ring (bicyclic) bond motifs is 1. The summed E-state index contributed by atoms with van der Waals surface area (Å²) in [5, 5.41) is 14.6. The van der Waals surface area contributed by atoms with E-state index in [1.54, 1.807) is 24.7 Å². The monoisotopic (exact) mass is 454 g/mol. The molecule has 1 aliphatic carbocycles. The van der Waals surface area contributed by atoms with Crippen LogP contribution in [0.1, 0.15) is 31.2 Å². The predicted octanol–water partition coefficient (Wildman–Crippen LogP) is 3.84. The Hall–Kier alpha value is -3.37. The first kappa shape index (κ1) is 21.5. The summed E-state index contributed by atoms with van der Waals surface area (Å²) >= 11 is 0. The highest BCUT2D eigenvalue weighted by atomic mass is 19.4. The fraction of sp³-hybridized carbons (Fsp3) is 0.304. The third kappa shape index (κ3) is 3.85. The van der Waals surface area contributed by atoms with Gasteiger partial charge in [0.2, 0.25) is 0 Å². The minimum atomic E-state index is -4.55. The van der Waals surface area contributed by atoms with Gasteiger partial charge in [-0.1, -0.05) is 18.2 Å². The number of aromatic nitrogens is 5. The van der Waals surface area contributed by atoms with E-state index in [-0.39, 0.29) is 17.8 Å². The molecule has 0 spiro atoms. The first-order chi connectivity index (χ1) is 15.6. The molecule has 0 amide bonds. The van der Waals surface area contributed by atoms with E-state index >= 15 is 0 Å². The summed E-state index contributed by atoms with van der Waals surface area (Å²) in [5.41, 5.74) is 7.32. The fourth-order valence-electron chi connectivity index (χ4n) is 4.11. The molecule has 1 aromatic carbocycles. The Bertz CT molecular complexity index is 1330. The van der Waals surface area contributed by atoms with Crippen LogP contribution in [0.2, 0.25) is 0 Å². The number of pyridine rings is 1. The topological polar surface area (TPSA) is 103 Å². The van der Waals surface area contributed by atoms with Crippen LogP contribution in [-0.2, 0) is 11.7 Å². The summed E-state index contributed by atoms with van der Waals surface area (Å²) in [6.07, 6.45) is 1.17. The van der Waals surface area contributed by atoms with Crippen LogP contribution in [0.3, 0.4) is 0 Å². The van der Waals surface area contributed by atoms with Gasteiger partial charge in [0.1, 0.15) is 5.69 Å². The van der Waals surface area contributed by atoms with E-state index in [9.17, 15) is 18.3 Å². The standard InChI is InChI=1S/C23H21F3N6O/c1-22(27,15-8-16(33)9-15)20-12-28-11-17(30-20)13-5-6-14-10-29-32(18(14)7-13)21-4-2-3-19(31-21)23(24,25)26/h2-7,10-12,15-16,33H,8-9,27H2,1H3/t15?,16?,22-/m1/s1. The average molecular weight is 454 g/mol. The minimum Gasteiger partial charge on any atom is -0.393 e. The normalized spacial score (nSPS) is 20.4. The maximum atomic E-state index is 13.1. The van der Waals surface area contributed by atoms with E-state index in [0.29, 0.717) is 29.7 Å². The zero-order valence-corrected chi connectivity index (χ0v) is 17.7. The molecule has 10 heteroatoms. The van der Waals surface area contributed by atoms with Crippen LogP contribution in [0.4, 0.5) is 13.2 Å². The van der Waals surface area contributed by atoms with E-state index in [2.05, 4.69) is 15.1 Å². The second-order valence-corrected chi connectivity index (χ2v) is 8.60. The van der Waals surface area contributed by atoms with E-state index in [1.165, 1.54) is 16.8 Å². The molecular formula is C23H21F3N6O. The highest BCUT2D eigenvalue weighted by Gasteiger charge is 2.42. The van der Waals surface area contributed by atoms with E-state index in [0.717, 1.165) is 17.0 Å². The lowest BCUT2D eigenvalue weighted by atomic mass is 9.69. The van der Waals surface area contributed by atoms with Crippen molar-refractivity contribution >= 4 is 10.9 Å². The number of aliphatic hydroxyl groups excluding tert-OH is 1. The van der Waals surface area contributed by atoms with Crippen molar-refractivity contribution < 1.29 is 18.3 Å². The number of rotatable bonds is 4. The first-order valence-corrected chi connectivity index (χ1v) is 10.4. The van der Waals surface area contributed by atoms with Crippen molar-refractivity contribution in [3.63, 3.8) is 0 Å². The molecule has 1 fully saturated rings. The van der Waals surface area contributed by atoms with Crippen molar-refractivity contribution in [3.05, 3.63) is 66.4 Å². The Morgan fingerprint density at radius 3 is 2.55 bits per heavy atom. The molecule has 0 bridgehead atoms. The molecule has 0 radical (unpaired) electrons. The van der Waals surface area contributed by atoms with Crippen molar-refractivity contribution in [1.82, 2.24) is 24.7 Å². The van der Waals surface area contributed by atoms with Gasteiger partial charge in [-0.15, -0.1) is 0 Å². The van der Waals surface area contributed by atoms with Gasteiger partial charge in [-0.05, 0) is 43.9 Å². The Balaban J connectivity index is 1.54. The molecule has 0 unspecified atom stereocenters. The molecule has 0 saturated heterocycles. The van der Waals surface area contributed by atoms with Crippen molar-refractivity contribution in [2.45, 2.75) is 37.6 Å². The minimum absolute atomic E-state index is 0.0647. The van der Waals surface area contributed by atoms with Gasteiger partial charge in [-0.2, -0.15) is 18.3 Å². The Morgan fingerprint density at radius 1 is 1.03 bits per heavy atom. The average Bonchev–Trinajstić information content (AvgIpc) is 3.20. The number of benzene rings is 1. The van der Waals surface area contributed by atoms with Crippen LogP contribution >= 0.6 is 0 Å². The Kier molecular flexibility index (Phi) is 4.95.